The van der Waals surface area contributed by atoms with Crippen LogP contribution < -0.4 is 14.8 Å². The number of amides is 1. The van der Waals surface area contributed by atoms with E-state index in [2.05, 4.69) is 28.2 Å². The summed E-state index contributed by atoms with van der Waals surface area (Å²) in [4.78, 5) is 12.3. The van der Waals surface area contributed by atoms with Crippen molar-refractivity contribution in [3.8, 4) is 11.5 Å². The van der Waals surface area contributed by atoms with Crippen molar-refractivity contribution in [1.82, 2.24) is 5.32 Å². The van der Waals surface area contributed by atoms with E-state index in [0.29, 0.717) is 23.6 Å². The molecular weight excluding hydrogens is 298 g/mol. The number of alkyl halides is 1. The summed E-state index contributed by atoms with van der Waals surface area (Å²) in [5.41, 5.74) is 0.479. The van der Waals surface area contributed by atoms with E-state index in [9.17, 15) is 4.79 Å². The second-order valence-corrected chi connectivity index (χ2v) is 5.05. The Bertz CT molecular complexity index is 409. The molecule has 1 N–H and O–H groups in total. The van der Waals surface area contributed by atoms with Gasteiger partial charge in [0.05, 0.1) is 19.8 Å². The van der Waals surface area contributed by atoms with Gasteiger partial charge in [-0.2, -0.15) is 0 Å². The van der Waals surface area contributed by atoms with E-state index in [0.717, 1.165) is 6.42 Å². The van der Waals surface area contributed by atoms with Crippen LogP contribution >= 0.6 is 15.9 Å². The molecular formula is C13H18BrNO3. The molecule has 0 bridgehead atoms. The summed E-state index contributed by atoms with van der Waals surface area (Å²) in [6, 6.07) is 5.24. The highest BCUT2D eigenvalue weighted by atomic mass is 79.9. The van der Waals surface area contributed by atoms with Gasteiger partial charge in [0, 0.05) is 11.4 Å². The third-order valence-corrected chi connectivity index (χ3v) is 3.55. The highest BCUT2D eigenvalue weighted by molar-refractivity contribution is 9.09. The SMILES string of the molecule is CCC(Br)CNC(=O)c1cccc(OC)c1OC. The first-order chi connectivity index (χ1) is 8.63. The summed E-state index contributed by atoms with van der Waals surface area (Å²) < 4.78 is 10.4. The molecule has 0 saturated carbocycles. The Morgan fingerprint density at radius 1 is 1.39 bits per heavy atom. The van der Waals surface area contributed by atoms with Gasteiger partial charge in [0.15, 0.2) is 11.5 Å². The van der Waals surface area contributed by atoms with E-state index in [-0.39, 0.29) is 10.7 Å². The summed E-state index contributed by atoms with van der Waals surface area (Å²) in [6.45, 7) is 2.63. The molecule has 0 saturated heterocycles. The smallest absolute Gasteiger partial charge is 0.255 e. The number of halogens is 1. The second-order valence-electron chi connectivity index (χ2n) is 3.76. The number of carbonyl (C=O) groups excluding carboxylic acids is 1. The van der Waals surface area contributed by atoms with Crippen LogP contribution in [0.15, 0.2) is 18.2 Å². The fraction of sp³-hybridized carbons (Fsp3) is 0.462. The molecule has 4 nitrogen and oxygen atoms in total. The first-order valence-corrected chi connectivity index (χ1v) is 6.68. The van der Waals surface area contributed by atoms with Gasteiger partial charge >= 0.3 is 0 Å². The minimum atomic E-state index is -0.163. The molecule has 1 rings (SSSR count). The lowest BCUT2D eigenvalue weighted by Gasteiger charge is -2.13. The molecule has 0 aromatic heterocycles. The number of benzene rings is 1. The molecule has 1 unspecified atom stereocenters. The number of carbonyl (C=O) groups is 1. The molecule has 100 valence electrons. The van der Waals surface area contributed by atoms with Crippen LogP contribution in [0.3, 0.4) is 0 Å². The quantitative estimate of drug-likeness (QED) is 0.821. The molecule has 0 aliphatic carbocycles. The molecule has 18 heavy (non-hydrogen) atoms. The molecule has 0 spiro atoms. The topological polar surface area (TPSA) is 47.6 Å². The molecule has 1 aromatic carbocycles. The van der Waals surface area contributed by atoms with E-state index in [1.807, 2.05) is 0 Å². The lowest BCUT2D eigenvalue weighted by molar-refractivity contribution is 0.0950. The van der Waals surface area contributed by atoms with Crippen LogP contribution in [0.4, 0.5) is 0 Å². The van der Waals surface area contributed by atoms with Crippen LogP contribution in [0.25, 0.3) is 0 Å². The number of para-hydroxylation sites is 1. The van der Waals surface area contributed by atoms with Gasteiger partial charge in [-0.25, -0.2) is 0 Å². The van der Waals surface area contributed by atoms with E-state index in [1.165, 1.54) is 7.11 Å². The van der Waals surface area contributed by atoms with Crippen LogP contribution in [-0.2, 0) is 0 Å². The maximum absolute atomic E-state index is 12.0. The van der Waals surface area contributed by atoms with Crippen molar-refractivity contribution in [2.24, 2.45) is 0 Å². The van der Waals surface area contributed by atoms with E-state index in [4.69, 9.17) is 9.47 Å². The van der Waals surface area contributed by atoms with Gasteiger partial charge in [-0.1, -0.05) is 28.9 Å². The molecule has 0 aliphatic rings. The number of rotatable bonds is 6. The molecule has 5 heteroatoms. The molecule has 1 aromatic rings. The van der Waals surface area contributed by atoms with Gasteiger partial charge in [-0.3, -0.25) is 4.79 Å². The van der Waals surface area contributed by atoms with Crippen molar-refractivity contribution in [2.75, 3.05) is 20.8 Å². The van der Waals surface area contributed by atoms with E-state index >= 15 is 0 Å². The van der Waals surface area contributed by atoms with Gasteiger partial charge < -0.3 is 14.8 Å². The van der Waals surface area contributed by atoms with E-state index in [1.54, 1.807) is 25.3 Å². The third kappa shape index (κ3) is 3.63. The zero-order valence-corrected chi connectivity index (χ0v) is 12.4. The molecule has 0 radical (unpaired) electrons. The average molecular weight is 316 g/mol. The second kappa shape index (κ2) is 7.26. The van der Waals surface area contributed by atoms with Crippen LogP contribution in [-0.4, -0.2) is 31.5 Å². The lowest BCUT2D eigenvalue weighted by Crippen LogP contribution is -2.29. The van der Waals surface area contributed by atoms with Crippen molar-refractivity contribution < 1.29 is 14.3 Å². The van der Waals surface area contributed by atoms with Crippen molar-refractivity contribution in [3.05, 3.63) is 23.8 Å². The van der Waals surface area contributed by atoms with E-state index < -0.39 is 0 Å². The fourth-order valence-electron chi connectivity index (χ4n) is 1.51. The third-order valence-electron chi connectivity index (χ3n) is 2.57. The maximum atomic E-state index is 12.0. The lowest BCUT2D eigenvalue weighted by atomic mass is 10.1. The Morgan fingerprint density at radius 3 is 2.67 bits per heavy atom. The van der Waals surface area contributed by atoms with Gasteiger partial charge in [-0.15, -0.1) is 0 Å². The summed E-state index contributed by atoms with van der Waals surface area (Å²) in [5.74, 6) is 0.847. The van der Waals surface area contributed by atoms with Crippen molar-refractivity contribution >= 4 is 21.8 Å². The summed E-state index contributed by atoms with van der Waals surface area (Å²) in [5, 5.41) is 2.85. The molecule has 1 atom stereocenters. The molecule has 0 fully saturated rings. The fourth-order valence-corrected chi connectivity index (χ4v) is 1.67. The highest BCUT2D eigenvalue weighted by Crippen LogP contribution is 2.30. The predicted octanol–water partition coefficient (Wildman–Crippen LogP) is 2.61. The summed E-state index contributed by atoms with van der Waals surface area (Å²) >= 11 is 3.47. The van der Waals surface area contributed by atoms with Crippen LogP contribution in [0, 0.1) is 0 Å². The van der Waals surface area contributed by atoms with Gasteiger partial charge in [-0.05, 0) is 18.6 Å². The monoisotopic (exact) mass is 315 g/mol. The van der Waals surface area contributed by atoms with Crippen molar-refractivity contribution in [3.63, 3.8) is 0 Å². The Labute approximate surface area is 116 Å². The molecule has 0 aliphatic heterocycles. The van der Waals surface area contributed by atoms with Gasteiger partial charge in [0.25, 0.3) is 5.91 Å². The standard InChI is InChI=1S/C13H18BrNO3/c1-4-9(14)8-15-13(16)10-6-5-7-11(17-2)12(10)18-3/h5-7,9H,4,8H2,1-3H3,(H,15,16). The first-order valence-electron chi connectivity index (χ1n) is 5.77. The maximum Gasteiger partial charge on any atom is 0.255 e. The number of hydrogen-bond acceptors (Lipinski definition) is 3. The van der Waals surface area contributed by atoms with Crippen molar-refractivity contribution in [2.45, 2.75) is 18.2 Å². The largest absolute Gasteiger partial charge is 0.493 e. The Morgan fingerprint density at radius 2 is 2.11 bits per heavy atom. The number of hydrogen-bond donors (Lipinski definition) is 1. The van der Waals surface area contributed by atoms with Crippen LogP contribution in [0.2, 0.25) is 0 Å². The van der Waals surface area contributed by atoms with Crippen molar-refractivity contribution in [1.29, 1.82) is 0 Å². The average Bonchev–Trinajstić information content (AvgIpc) is 2.42. The zero-order valence-electron chi connectivity index (χ0n) is 10.8. The molecule has 0 heterocycles. The van der Waals surface area contributed by atoms with Gasteiger partial charge in [0.1, 0.15) is 0 Å². The number of nitrogens with one attached hydrogen (secondary N) is 1. The highest BCUT2D eigenvalue weighted by Gasteiger charge is 2.16. The number of methoxy groups -OCH3 is 2. The summed E-state index contributed by atoms with van der Waals surface area (Å²) in [7, 11) is 3.07. The van der Waals surface area contributed by atoms with Crippen LogP contribution in [0.5, 0.6) is 11.5 Å². The van der Waals surface area contributed by atoms with Gasteiger partial charge in [0.2, 0.25) is 0 Å². The predicted molar refractivity (Wildman–Crippen MR) is 74.9 cm³/mol. The Hall–Kier alpha value is -1.23. The Balaban J connectivity index is 2.85. The Kier molecular flexibility index (Phi) is 5.98. The minimum absolute atomic E-state index is 0.163. The summed E-state index contributed by atoms with van der Waals surface area (Å²) in [6.07, 6.45) is 0.954. The number of ether oxygens (including phenoxy) is 2. The first kappa shape index (κ1) is 14.8. The van der Waals surface area contributed by atoms with Crippen LogP contribution in [0.1, 0.15) is 23.7 Å². The molecule has 1 amide bonds. The normalized spacial score (nSPS) is 11.8. The zero-order chi connectivity index (χ0) is 13.5. The minimum Gasteiger partial charge on any atom is -0.493 e.